The quantitative estimate of drug-likeness (QED) is 0.307. The van der Waals surface area contributed by atoms with Gasteiger partial charge in [0.2, 0.25) is 0 Å². The van der Waals surface area contributed by atoms with Gasteiger partial charge in [0.15, 0.2) is 10.9 Å². The lowest BCUT2D eigenvalue weighted by Crippen LogP contribution is -2.43. The van der Waals surface area contributed by atoms with Crippen LogP contribution in [0.4, 0.5) is 15.7 Å². The monoisotopic (exact) mass is 545 g/mol. The van der Waals surface area contributed by atoms with Crippen LogP contribution in [0.3, 0.4) is 0 Å². The number of carbonyl (C=O) groups excluding carboxylic acids is 2. The number of nitrogens with one attached hydrogen (secondary N) is 2. The molecule has 2 amide bonds. The van der Waals surface area contributed by atoms with Crippen LogP contribution in [0.15, 0.2) is 48.8 Å². The molecule has 4 heterocycles. The average Bonchev–Trinajstić information content (AvgIpc) is 3.36. The van der Waals surface area contributed by atoms with Gasteiger partial charge in [-0.1, -0.05) is 17.4 Å². The number of anilines is 2. The van der Waals surface area contributed by atoms with E-state index in [1.165, 1.54) is 11.3 Å². The van der Waals surface area contributed by atoms with Crippen molar-refractivity contribution in [2.45, 2.75) is 33.6 Å². The van der Waals surface area contributed by atoms with E-state index >= 15 is 0 Å². The predicted octanol–water partition coefficient (Wildman–Crippen LogP) is 5.13. The van der Waals surface area contributed by atoms with Crippen molar-refractivity contribution >= 4 is 44.5 Å². The highest BCUT2D eigenvalue weighted by Crippen LogP contribution is 2.39. The summed E-state index contributed by atoms with van der Waals surface area (Å²) in [7, 11) is 0. The van der Waals surface area contributed by atoms with Crippen LogP contribution < -0.4 is 15.5 Å². The maximum Gasteiger partial charge on any atom is 0.321 e. The minimum Gasteiger partial charge on any atom is -0.466 e. The van der Waals surface area contributed by atoms with E-state index in [0.717, 1.165) is 38.4 Å². The number of fused-ring (bicyclic) bond motifs is 1. The van der Waals surface area contributed by atoms with Gasteiger partial charge in [-0.2, -0.15) is 5.10 Å². The van der Waals surface area contributed by atoms with Crippen molar-refractivity contribution in [1.82, 2.24) is 25.5 Å². The fraction of sp³-hybridized carbons (Fsp3) is 0.357. The summed E-state index contributed by atoms with van der Waals surface area (Å²) < 4.78 is 6.23. The molecule has 0 spiro atoms. The number of piperidine rings is 1. The Bertz CT molecular complexity index is 1480. The largest absolute Gasteiger partial charge is 0.466 e. The van der Waals surface area contributed by atoms with Gasteiger partial charge in [-0.25, -0.2) is 9.78 Å². The number of esters is 1. The summed E-state index contributed by atoms with van der Waals surface area (Å²) in [4.78, 5) is 36.0. The summed E-state index contributed by atoms with van der Waals surface area (Å²) in [6, 6.07) is 11.6. The van der Waals surface area contributed by atoms with Gasteiger partial charge in [0.25, 0.3) is 0 Å². The van der Waals surface area contributed by atoms with Crippen LogP contribution in [0.1, 0.15) is 33.6 Å². The van der Waals surface area contributed by atoms with E-state index in [-0.39, 0.29) is 12.0 Å². The van der Waals surface area contributed by atoms with Gasteiger partial charge in [0, 0.05) is 37.0 Å². The molecule has 1 aromatic carbocycles. The molecule has 0 aliphatic carbocycles. The summed E-state index contributed by atoms with van der Waals surface area (Å²) in [5.41, 5.74) is 3.82. The second-order valence-electron chi connectivity index (χ2n) is 9.66. The summed E-state index contributed by atoms with van der Waals surface area (Å²) >= 11 is 1.41. The molecule has 2 N–H and O–H groups in total. The molecule has 0 bridgehead atoms. The van der Waals surface area contributed by atoms with Crippen LogP contribution in [0.25, 0.3) is 32.6 Å². The van der Waals surface area contributed by atoms with Gasteiger partial charge in [-0.05, 0) is 69.5 Å². The van der Waals surface area contributed by atoms with Crippen molar-refractivity contribution in [2.75, 3.05) is 36.5 Å². The normalized spacial score (nSPS) is 14.7. The Morgan fingerprint density at radius 1 is 1.13 bits per heavy atom. The first kappa shape index (κ1) is 26.5. The van der Waals surface area contributed by atoms with E-state index in [0.29, 0.717) is 44.2 Å². The number of rotatable bonds is 7. The van der Waals surface area contributed by atoms with Crippen LogP contribution in [-0.4, -0.2) is 58.4 Å². The third kappa shape index (κ3) is 5.68. The molecular weight excluding hydrogens is 514 g/mol. The van der Waals surface area contributed by atoms with Crippen molar-refractivity contribution in [3.05, 3.63) is 48.8 Å². The zero-order chi connectivity index (χ0) is 27.4. The van der Waals surface area contributed by atoms with Gasteiger partial charge in [0.1, 0.15) is 0 Å². The topological polar surface area (TPSA) is 122 Å². The van der Waals surface area contributed by atoms with Crippen molar-refractivity contribution < 1.29 is 14.3 Å². The Balaban J connectivity index is 1.47. The first-order valence-corrected chi connectivity index (χ1v) is 13.9. The molecule has 1 fully saturated rings. The molecule has 4 aromatic rings. The summed E-state index contributed by atoms with van der Waals surface area (Å²) in [5.74, 6) is 0.624. The number of nitrogens with zero attached hydrogens (tertiary/aromatic N) is 5. The Kier molecular flexibility index (Phi) is 7.69. The lowest BCUT2D eigenvalue weighted by atomic mass is 9.80. The molecule has 0 saturated carbocycles. The van der Waals surface area contributed by atoms with Crippen molar-refractivity contribution in [3.8, 4) is 22.4 Å². The molecule has 202 valence electrons. The number of aromatic nitrogens is 4. The van der Waals surface area contributed by atoms with E-state index in [1.54, 1.807) is 12.4 Å². The Labute approximate surface area is 230 Å². The number of benzene rings is 1. The molecular formula is C28H31N7O3S. The molecule has 3 aromatic heterocycles. The molecule has 1 saturated heterocycles. The molecule has 5 rings (SSSR count). The second-order valence-corrected chi connectivity index (χ2v) is 10.7. The number of thiazole rings is 1. The van der Waals surface area contributed by atoms with E-state index in [2.05, 4.69) is 36.8 Å². The number of ether oxygens (including phenoxy) is 1. The minimum absolute atomic E-state index is 0.135. The van der Waals surface area contributed by atoms with Gasteiger partial charge < -0.3 is 15.0 Å². The third-order valence-corrected chi connectivity index (χ3v) is 7.94. The first-order chi connectivity index (χ1) is 18.9. The zero-order valence-electron chi connectivity index (χ0n) is 22.2. The van der Waals surface area contributed by atoms with Crippen molar-refractivity contribution in [2.24, 2.45) is 5.41 Å². The Morgan fingerprint density at radius 3 is 2.67 bits per heavy atom. The minimum atomic E-state index is -0.482. The molecule has 0 atom stereocenters. The molecule has 39 heavy (non-hydrogen) atoms. The Morgan fingerprint density at radius 2 is 1.95 bits per heavy atom. The van der Waals surface area contributed by atoms with Crippen molar-refractivity contribution in [3.63, 3.8) is 0 Å². The maximum absolute atomic E-state index is 12.4. The fourth-order valence-corrected chi connectivity index (χ4v) is 5.64. The lowest BCUT2D eigenvalue weighted by Gasteiger charge is -2.37. The molecule has 11 heteroatoms. The summed E-state index contributed by atoms with van der Waals surface area (Å²) in [6.45, 7) is 7.96. The highest BCUT2D eigenvalue weighted by atomic mass is 32.1. The molecule has 1 aliphatic heterocycles. The number of urea groups is 1. The third-order valence-electron chi connectivity index (χ3n) is 6.92. The summed E-state index contributed by atoms with van der Waals surface area (Å²) in [5, 5.41) is 14.8. The van der Waals surface area contributed by atoms with E-state index in [9.17, 15) is 9.59 Å². The number of carbonyl (C=O) groups is 2. The predicted molar refractivity (Wildman–Crippen MR) is 153 cm³/mol. The highest BCUT2D eigenvalue weighted by Gasteiger charge is 2.38. The number of pyridine rings is 1. The van der Waals surface area contributed by atoms with E-state index in [1.807, 2.05) is 51.1 Å². The molecule has 0 radical (unpaired) electrons. The smallest absolute Gasteiger partial charge is 0.321 e. The standard InChI is InChI=1S/C28H31N7O3S/c1-4-29-26(37)33-27-32-22-15-18(14-20(24(22)39-27)21-8-6-7-11-30-21)19-16-23(34-31-17-19)35-12-9-28(3,10-13-35)25(36)38-5-2/h6-8,11,14-17H,4-5,9-10,12-13H2,1-3H3,(H2,29,32,33,37). The van der Waals surface area contributed by atoms with Gasteiger partial charge in [0.05, 0.1) is 34.1 Å². The zero-order valence-corrected chi connectivity index (χ0v) is 23.0. The van der Waals surface area contributed by atoms with E-state index < -0.39 is 5.41 Å². The fourth-order valence-electron chi connectivity index (χ4n) is 4.67. The molecule has 1 aliphatic rings. The SMILES string of the molecule is CCNC(=O)Nc1nc2cc(-c3cnnc(N4CCC(C)(C(=O)OCC)CC4)c3)cc(-c3ccccn3)c2s1. The van der Waals surface area contributed by atoms with Gasteiger partial charge in [-0.3, -0.25) is 15.1 Å². The van der Waals surface area contributed by atoms with Crippen molar-refractivity contribution in [1.29, 1.82) is 0 Å². The number of hydrogen-bond donors (Lipinski definition) is 2. The molecule has 10 nitrogen and oxygen atoms in total. The van der Waals surface area contributed by atoms with Crippen LogP contribution in [0.2, 0.25) is 0 Å². The van der Waals surface area contributed by atoms with Gasteiger partial charge >= 0.3 is 12.0 Å². The van der Waals surface area contributed by atoms with Gasteiger partial charge in [-0.15, -0.1) is 5.10 Å². The summed E-state index contributed by atoms with van der Waals surface area (Å²) in [6.07, 6.45) is 4.87. The van der Waals surface area contributed by atoms with E-state index in [4.69, 9.17) is 9.72 Å². The molecule has 0 unspecified atom stereocenters. The van der Waals surface area contributed by atoms with Crippen LogP contribution in [-0.2, 0) is 9.53 Å². The van der Waals surface area contributed by atoms with Crippen LogP contribution >= 0.6 is 11.3 Å². The first-order valence-electron chi connectivity index (χ1n) is 13.1. The number of hydrogen-bond acceptors (Lipinski definition) is 9. The van der Waals surface area contributed by atoms with Crippen LogP contribution in [0.5, 0.6) is 0 Å². The number of amides is 2. The lowest BCUT2D eigenvalue weighted by molar-refractivity contribution is -0.155. The average molecular weight is 546 g/mol. The van der Waals surface area contributed by atoms with Crippen LogP contribution in [0, 0.1) is 5.41 Å². The maximum atomic E-state index is 12.4. The Hall–Kier alpha value is -4.12. The highest BCUT2D eigenvalue weighted by molar-refractivity contribution is 7.22. The second kappa shape index (κ2) is 11.3.